The predicted octanol–water partition coefficient (Wildman–Crippen LogP) is 10.6. The fourth-order valence-electron chi connectivity index (χ4n) is 5.34. The van der Waals surface area contributed by atoms with Crippen molar-refractivity contribution in [3.63, 3.8) is 0 Å². The molecule has 0 amide bonds. The van der Waals surface area contributed by atoms with Crippen molar-refractivity contribution in [2.75, 3.05) is 0 Å². The molecular formula is C44H30IrN4+. The van der Waals surface area contributed by atoms with E-state index in [4.69, 9.17) is 9.97 Å². The van der Waals surface area contributed by atoms with Crippen LogP contribution in [-0.4, -0.2) is 19.9 Å². The summed E-state index contributed by atoms with van der Waals surface area (Å²) in [5.74, 6) is 0. The van der Waals surface area contributed by atoms with E-state index in [-0.39, 0.29) is 20.1 Å². The minimum atomic E-state index is 0. The molecule has 8 aromatic rings. The second-order valence-electron chi connectivity index (χ2n) is 11.0. The van der Waals surface area contributed by atoms with Gasteiger partial charge < -0.3 is 9.97 Å². The van der Waals surface area contributed by atoms with Gasteiger partial charge in [-0.2, -0.15) is 0 Å². The summed E-state index contributed by atoms with van der Waals surface area (Å²) in [5, 5.41) is 0. The first-order chi connectivity index (χ1) is 23.8. The summed E-state index contributed by atoms with van der Waals surface area (Å²) in [5.41, 5.74) is 11.2. The summed E-state index contributed by atoms with van der Waals surface area (Å²) >= 11 is 0. The molecule has 8 rings (SSSR count). The van der Waals surface area contributed by atoms with E-state index < -0.39 is 0 Å². The molecule has 0 N–H and O–H groups in total. The van der Waals surface area contributed by atoms with Crippen LogP contribution in [0.4, 0.5) is 0 Å². The van der Waals surface area contributed by atoms with Crippen LogP contribution in [-0.2, 0) is 20.1 Å². The summed E-state index contributed by atoms with van der Waals surface area (Å²) in [6.45, 7) is 0. The van der Waals surface area contributed by atoms with E-state index in [0.29, 0.717) is 0 Å². The number of rotatable bonds is 6. The minimum absolute atomic E-state index is 0. The standard InChI is InChI=1S/2C22H15N2.Ir/c2*1-4-10-17(11-5-1)20-16-23-21(18-12-6-2-7-13-18)22(24-20)19-14-8-3-9-15-19;/h2*1-15H;/q2*-1;+3. The Bertz CT molecular complexity index is 2040. The minimum Gasteiger partial charge on any atom is -0.381 e. The molecule has 0 fully saturated rings. The summed E-state index contributed by atoms with van der Waals surface area (Å²) in [7, 11) is 0. The van der Waals surface area contributed by atoms with Crippen molar-refractivity contribution in [3.8, 4) is 67.5 Å². The summed E-state index contributed by atoms with van der Waals surface area (Å²) < 4.78 is 0. The van der Waals surface area contributed by atoms with Gasteiger partial charge in [-0.05, 0) is 33.9 Å². The normalized spacial score (nSPS) is 10.3. The molecule has 0 aliphatic rings. The zero-order valence-electron chi connectivity index (χ0n) is 26.4. The Balaban J connectivity index is 0.000000167. The van der Waals surface area contributed by atoms with E-state index in [2.05, 4.69) is 46.6 Å². The van der Waals surface area contributed by atoms with E-state index in [9.17, 15) is 0 Å². The number of nitrogens with zero attached hydrogens (tertiary/aromatic N) is 4. The van der Waals surface area contributed by atoms with Gasteiger partial charge in [-0.3, -0.25) is 9.97 Å². The maximum absolute atomic E-state index is 4.87. The molecule has 0 unspecified atom stereocenters. The van der Waals surface area contributed by atoms with Crippen LogP contribution in [0.5, 0.6) is 0 Å². The van der Waals surface area contributed by atoms with Crippen molar-refractivity contribution in [2.45, 2.75) is 0 Å². The Labute approximate surface area is 300 Å². The van der Waals surface area contributed by atoms with Crippen LogP contribution in [0.15, 0.2) is 182 Å². The van der Waals surface area contributed by atoms with E-state index in [0.717, 1.165) is 67.5 Å². The van der Waals surface area contributed by atoms with Gasteiger partial charge in [0.25, 0.3) is 0 Å². The van der Waals surface area contributed by atoms with Crippen molar-refractivity contribution in [3.05, 3.63) is 194 Å². The first-order valence-electron chi connectivity index (χ1n) is 15.8. The molecule has 0 saturated heterocycles. The van der Waals surface area contributed by atoms with Crippen molar-refractivity contribution in [1.29, 1.82) is 0 Å². The van der Waals surface area contributed by atoms with Crippen LogP contribution in [0.1, 0.15) is 0 Å². The maximum Gasteiger partial charge on any atom is 3.00 e. The van der Waals surface area contributed by atoms with E-state index >= 15 is 0 Å². The van der Waals surface area contributed by atoms with Crippen molar-refractivity contribution >= 4 is 0 Å². The van der Waals surface area contributed by atoms with Crippen molar-refractivity contribution in [2.24, 2.45) is 0 Å². The van der Waals surface area contributed by atoms with Crippen molar-refractivity contribution < 1.29 is 20.1 Å². The van der Waals surface area contributed by atoms with E-state index in [1.165, 1.54) is 0 Å². The van der Waals surface area contributed by atoms with Crippen LogP contribution in [0, 0.1) is 12.4 Å². The summed E-state index contributed by atoms with van der Waals surface area (Å²) in [4.78, 5) is 19.0. The SMILES string of the molecule is [Ir+3].[c-]1nc(-c2ccccc2)c(-c2ccccc2)nc1-c1ccccc1.[c-]1nc(-c2ccccc2)c(-c2ccccc2)nc1-c1ccccc1. The molecule has 0 spiro atoms. The Morgan fingerprint density at radius 2 is 0.490 bits per heavy atom. The fourth-order valence-corrected chi connectivity index (χ4v) is 5.34. The largest absolute Gasteiger partial charge is 3.00 e. The van der Waals surface area contributed by atoms with Gasteiger partial charge in [0.05, 0.1) is 0 Å². The number of benzene rings is 6. The molecule has 0 atom stereocenters. The third kappa shape index (κ3) is 7.99. The molecule has 0 bridgehead atoms. The van der Waals surface area contributed by atoms with Crippen LogP contribution in [0.2, 0.25) is 0 Å². The molecule has 2 heterocycles. The number of hydrogen-bond acceptors (Lipinski definition) is 4. The van der Waals surface area contributed by atoms with Crippen LogP contribution in [0.3, 0.4) is 0 Å². The van der Waals surface area contributed by atoms with Crippen LogP contribution in [0.25, 0.3) is 67.5 Å². The Morgan fingerprint density at radius 3 is 0.755 bits per heavy atom. The Kier molecular flexibility index (Phi) is 11.0. The van der Waals surface area contributed by atoms with Gasteiger partial charge in [-0.1, -0.05) is 192 Å². The molecular weight excluding hydrogens is 777 g/mol. The maximum atomic E-state index is 4.87. The topological polar surface area (TPSA) is 51.6 Å². The number of aromatic nitrogens is 4. The second-order valence-corrected chi connectivity index (χ2v) is 11.0. The molecule has 6 aromatic carbocycles. The third-order valence-corrected chi connectivity index (χ3v) is 7.73. The monoisotopic (exact) mass is 807 g/mol. The van der Waals surface area contributed by atoms with Gasteiger partial charge in [0, 0.05) is 11.4 Å². The average Bonchev–Trinajstić information content (AvgIpc) is 3.20. The first kappa shape index (κ1) is 33.0. The summed E-state index contributed by atoms with van der Waals surface area (Å²) in [6, 6.07) is 60.6. The van der Waals surface area contributed by atoms with E-state index in [1.54, 1.807) is 0 Å². The third-order valence-electron chi connectivity index (χ3n) is 7.73. The zero-order chi connectivity index (χ0) is 32.4. The molecule has 2 aromatic heterocycles. The smallest absolute Gasteiger partial charge is 0.381 e. The van der Waals surface area contributed by atoms with Crippen LogP contribution < -0.4 is 0 Å². The molecule has 49 heavy (non-hydrogen) atoms. The summed E-state index contributed by atoms with van der Waals surface area (Å²) in [6.07, 6.45) is 6.20. The molecule has 0 aliphatic heterocycles. The first-order valence-corrected chi connectivity index (χ1v) is 15.8. The zero-order valence-corrected chi connectivity index (χ0v) is 28.8. The Hall–Kier alpha value is -5.87. The van der Waals surface area contributed by atoms with Gasteiger partial charge >= 0.3 is 20.1 Å². The van der Waals surface area contributed by atoms with Gasteiger partial charge in [0.2, 0.25) is 0 Å². The molecule has 5 heteroatoms. The van der Waals surface area contributed by atoms with Gasteiger partial charge in [-0.25, -0.2) is 0 Å². The van der Waals surface area contributed by atoms with Crippen LogP contribution >= 0.6 is 0 Å². The van der Waals surface area contributed by atoms with Crippen molar-refractivity contribution in [1.82, 2.24) is 19.9 Å². The van der Waals surface area contributed by atoms with E-state index in [1.807, 2.05) is 158 Å². The second kappa shape index (κ2) is 16.3. The Morgan fingerprint density at radius 1 is 0.265 bits per heavy atom. The van der Waals surface area contributed by atoms with Gasteiger partial charge in [0.1, 0.15) is 0 Å². The quantitative estimate of drug-likeness (QED) is 0.157. The van der Waals surface area contributed by atoms with Gasteiger partial charge in [-0.15, -0.1) is 24.3 Å². The molecule has 4 nitrogen and oxygen atoms in total. The number of hydrogen-bond donors (Lipinski definition) is 0. The molecule has 0 radical (unpaired) electrons. The van der Waals surface area contributed by atoms with Gasteiger partial charge in [0.15, 0.2) is 0 Å². The predicted molar refractivity (Wildman–Crippen MR) is 194 cm³/mol. The molecule has 0 saturated carbocycles. The molecule has 0 aliphatic carbocycles. The molecule has 234 valence electrons. The fraction of sp³-hybridized carbons (Fsp3) is 0. The average molecular weight is 807 g/mol.